The predicted molar refractivity (Wildman–Crippen MR) is 98.2 cm³/mol. The monoisotopic (exact) mass is 361 g/mol. The van der Waals surface area contributed by atoms with Crippen molar-refractivity contribution in [3.8, 4) is 5.75 Å². The van der Waals surface area contributed by atoms with Crippen LogP contribution in [0.1, 0.15) is 39.2 Å². The van der Waals surface area contributed by atoms with E-state index in [2.05, 4.69) is 10.6 Å². The van der Waals surface area contributed by atoms with Crippen molar-refractivity contribution in [1.29, 1.82) is 0 Å². The van der Waals surface area contributed by atoms with Crippen LogP contribution in [0.3, 0.4) is 0 Å². The maximum Gasteiger partial charge on any atom is 0.410 e. The van der Waals surface area contributed by atoms with Gasteiger partial charge in [0, 0.05) is 25.7 Å². The maximum absolute atomic E-state index is 12.1. The quantitative estimate of drug-likeness (QED) is 0.865. The molecule has 0 radical (unpaired) electrons. The van der Waals surface area contributed by atoms with Crippen LogP contribution in [0.25, 0.3) is 0 Å². The molecule has 1 saturated heterocycles. The van der Waals surface area contributed by atoms with E-state index >= 15 is 0 Å². The molecule has 0 aliphatic carbocycles. The van der Waals surface area contributed by atoms with E-state index in [0.29, 0.717) is 31.4 Å². The molecule has 2 aliphatic rings. The number of ether oxygens (including phenoxy) is 2. The number of nitrogens with one attached hydrogen (secondary N) is 2. The Morgan fingerprint density at radius 1 is 1.35 bits per heavy atom. The van der Waals surface area contributed by atoms with E-state index in [1.165, 1.54) is 0 Å². The summed E-state index contributed by atoms with van der Waals surface area (Å²) in [5.41, 5.74) is 1.35. The SMILES string of the molecule is CC(C)(C)OC(=O)N1CCC(NCc2ccc3c(c2)NC(=O)CO3)CC1. The lowest BCUT2D eigenvalue weighted by molar-refractivity contribution is -0.118. The Labute approximate surface area is 154 Å². The minimum Gasteiger partial charge on any atom is -0.482 e. The molecule has 2 aliphatic heterocycles. The second-order valence-electron chi connectivity index (χ2n) is 7.79. The van der Waals surface area contributed by atoms with Gasteiger partial charge in [-0.15, -0.1) is 0 Å². The minimum absolute atomic E-state index is 0.0703. The number of likely N-dealkylation sites (tertiary alicyclic amines) is 1. The molecule has 2 heterocycles. The van der Waals surface area contributed by atoms with E-state index in [0.717, 1.165) is 24.1 Å². The molecule has 0 bridgehead atoms. The van der Waals surface area contributed by atoms with Gasteiger partial charge in [-0.2, -0.15) is 0 Å². The Hall–Kier alpha value is -2.28. The molecule has 0 saturated carbocycles. The van der Waals surface area contributed by atoms with E-state index < -0.39 is 5.60 Å². The average molecular weight is 361 g/mol. The van der Waals surface area contributed by atoms with Gasteiger partial charge < -0.3 is 25.0 Å². The predicted octanol–water partition coefficient (Wildman–Crippen LogP) is 2.51. The number of carbonyl (C=O) groups is 2. The van der Waals surface area contributed by atoms with Crippen LogP contribution in [0.5, 0.6) is 5.75 Å². The van der Waals surface area contributed by atoms with Crippen molar-refractivity contribution in [1.82, 2.24) is 10.2 Å². The lowest BCUT2D eigenvalue weighted by atomic mass is 10.0. The first-order chi connectivity index (χ1) is 12.3. The zero-order valence-corrected chi connectivity index (χ0v) is 15.6. The summed E-state index contributed by atoms with van der Waals surface area (Å²) in [7, 11) is 0. The number of hydrogen-bond acceptors (Lipinski definition) is 5. The second-order valence-corrected chi connectivity index (χ2v) is 7.79. The smallest absolute Gasteiger partial charge is 0.410 e. The van der Waals surface area contributed by atoms with E-state index in [1.807, 2.05) is 39.0 Å². The molecule has 0 unspecified atom stereocenters. The molecule has 26 heavy (non-hydrogen) atoms. The first-order valence-corrected chi connectivity index (χ1v) is 9.07. The number of anilines is 1. The topological polar surface area (TPSA) is 79.9 Å². The summed E-state index contributed by atoms with van der Waals surface area (Å²) in [6.45, 7) is 7.81. The number of amides is 2. The van der Waals surface area contributed by atoms with E-state index in [1.54, 1.807) is 4.90 Å². The molecular formula is C19H27N3O4. The lowest BCUT2D eigenvalue weighted by Gasteiger charge is -2.33. The number of piperidine rings is 1. The van der Waals surface area contributed by atoms with Gasteiger partial charge in [-0.1, -0.05) is 6.07 Å². The number of benzene rings is 1. The summed E-state index contributed by atoms with van der Waals surface area (Å²) < 4.78 is 10.8. The van der Waals surface area contributed by atoms with Crippen molar-refractivity contribution >= 4 is 17.7 Å². The van der Waals surface area contributed by atoms with Gasteiger partial charge in [-0.3, -0.25) is 4.79 Å². The van der Waals surface area contributed by atoms with Gasteiger partial charge in [0.25, 0.3) is 5.91 Å². The van der Waals surface area contributed by atoms with Crippen LogP contribution in [-0.2, 0) is 16.1 Å². The summed E-state index contributed by atoms with van der Waals surface area (Å²) in [4.78, 5) is 25.3. The number of carbonyl (C=O) groups excluding carboxylic acids is 2. The number of hydrogen-bond donors (Lipinski definition) is 2. The molecule has 7 heteroatoms. The van der Waals surface area contributed by atoms with Crippen molar-refractivity contribution in [3.05, 3.63) is 23.8 Å². The first-order valence-electron chi connectivity index (χ1n) is 9.07. The van der Waals surface area contributed by atoms with Gasteiger partial charge in [0.2, 0.25) is 0 Å². The number of rotatable bonds is 3. The van der Waals surface area contributed by atoms with Crippen LogP contribution in [-0.4, -0.2) is 48.2 Å². The highest BCUT2D eigenvalue weighted by molar-refractivity contribution is 5.95. The van der Waals surface area contributed by atoms with Crippen LogP contribution in [0.2, 0.25) is 0 Å². The average Bonchev–Trinajstić information content (AvgIpc) is 2.58. The molecule has 7 nitrogen and oxygen atoms in total. The Balaban J connectivity index is 1.46. The molecule has 1 fully saturated rings. The van der Waals surface area contributed by atoms with Gasteiger partial charge in [0.05, 0.1) is 5.69 Å². The van der Waals surface area contributed by atoms with Gasteiger partial charge >= 0.3 is 6.09 Å². The molecule has 1 aromatic carbocycles. The molecule has 0 aromatic heterocycles. The fourth-order valence-corrected chi connectivity index (χ4v) is 3.10. The van der Waals surface area contributed by atoms with E-state index in [4.69, 9.17) is 9.47 Å². The van der Waals surface area contributed by atoms with Crippen LogP contribution in [0, 0.1) is 0 Å². The highest BCUT2D eigenvalue weighted by Gasteiger charge is 2.26. The normalized spacial score (nSPS) is 18.0. The summed E-state index contributed by atoms with van der Waals surface area (Å²) >= 11 is 0. The highest BCUT2D eigenvalue weighted by Crippen LogP contribution is 2.28. The standard InChI is InChI=1S/C19H27N3O4/c1-19(2,3)26-18(24)22-8-6-14(7-9-22)20-11-13-4-5-16-15(10-13)21-17(23)12-25-16/h4-5,10,14,20H,6-9,11-12H2,1-3H3,(H,21,23). The van der Waals surface area contributed by atoms with Gasteiger partial charge in [0.1, 0.15) is 11.4 Å². The van der Waals surface area contributed by atoms with E-state index in [-0.39, 0.29) is 18.6 Å². The third-order valence-corrected chi connectivity index (χ3v) is 4.42. The zero-order valence-electron chi connectivity index (χ0n) is 15.6. The van der Waals surface area contributed by atoms with Crippen LogP contribution in [0.4, 0.5) is 10.5 Å². The molecule has 2 amide bonds. The summed E-state index contributed by atoms with van der Waals surface area (Å²) in [5, 5.41) is 6.36. The Kier molecular flexibility index (Phi) is 5.36. The Morgan fingerprint density at radius 3 is 2.77 bits per heavy atom. The molecule has 3 rings (SSSR count). The fraction of sp³-hybridized carbons (Fsp3) is 0.579. The van der Waals surface area contributed by atoms with E-state index in [9.17, 15) is 9.59 Å². The Bertz CT molecular complexity index is 676. The van der Waals surface area contributed by atoms with Crippen molar-refractivity contribution in [3.63, 3.8) is 0 Å². The largest absolute Gasteiger partial charge is 0.482 e. The van der Waals surface area contributed by atoms with Gasteiger partial charge in [-0.05, 0) is 51.3 Å². The van der Waals surface area contributed by atoms with Crippen molar-refractivity contribution < 1.29 is 19.1 Å². The van der Waals surface area contributed by atoms with Crippen molar-refractivity contribution in [2.24, 2.45) is 0 Å². The molecular weight excluding hydrogens is 334 g/mol. The number of nitrogens with zero attached hydrogens (tertiary/aromatic N) is 1. The maximum atomic E-state index is 12.1. The molecule has 2 N–H and O–H groups in total. The van der Waals surface area contributed by atoms with Gasteiger partial charge in [0.15, 0.2) is 6.61 Å². The van der Waals surface area contributed by atoms with Crippen LogP contribution >= 0.6 is 0 Å². The third-order valence-electron chi connectivity index (χ3n) is 4.42. The van der Waals surface area contributed by atoms with Gasteiger partial charge in [-0.25, -0.2) is 4.79 Å². The summed E-state index contributed by atoms with van der Waals surface area (Å²) in [6.07, 6.45) is 1.55. The van der Waals surface area contributed by atoms with Crippen LogP contribution < -0.4 is 15.4 Å². The van der Waals surface area contributed by atoms with Crippen LogP contribution in [0.15, 0.2) is 18.2 Å². The second kappa shape index (κ2) is 7.53. The molecule has 0 atom stereocenters. The molecule has 1 aromatic rings. The lowest BCUT2D eigenvalue weighted by Crippen LogP contribution is -2.46. The Morgan fingerprint density at radius 2 is 2.08 bits per heavy atom. The minimum atomic E-state index is -0.461. The summed E-state index contributed by atoms with van der Waals surface area (Å²) in [5.74, 6) is 0.580. The fourth-order valence-electron chi connectivity index (χ4n) is 3.10. The van der Waals surface area contributed by atoms with Crippen molar-refractivity contribution in [2.75, 3.05) is 25.0 Å². The van der Waals surface area contributed by atoms with Crippen molar-refractivity contribution in [2.45, 2.75) is 51.8 Å². The molecule has 142 valence electrons. The summed E-state index contributed by atoms with van der Waals surface area (Å²) in [6, 6.07) is 6.18. The third kappa shape index (κ3) is 4.88. The number of fused-ring (bicyclic) bond motifs is 1. The highest BCUT2D eigenvalue weighted by atomic mass is 16.6. The zero-order chi connectivity index (χ0) is 18.7. The first kappa shape index (κ1) is 18.5. The molecule has 0 spiro atoms.